The zero-order chi connectivity index (χ0) is 19.8. The van der Waals surface area contributed by atoms with Gasteiger partial charge in [0.1, 0.15) is 0 Å². The van der Waals surface area contributed by atoms with Crippen molar-refractivity contribution in [2.75, 3.05) is 17.2 Å². The molecule has 142 valence electrons. The van der Waals surface area contributed by atoms with E-state index in [1.165, 1.54) is 19.1 Å². The first-order chi connectivity index (χ1) is 12.9. The van der Waals surface area contributed by atoms with Gasteiger partial charge in [-0.05, 0) is 36.2 Å². The molecule has 0 aliphatic carbocycles. The minimum atomic E-state index is -0.408. The van der Waals surface area contributed by atoms with Crippen LogP contribution in [0.25, 0.3) is 0 Å². The zero-order valence-electron chi connectivity index (χ0n) is 15.3. The second-order valence-corrected chi connectivity index (χ2v) is 6.35. The molecule has 7 heteroatoms. The fourth-order valence-electron chi connectivity index (χ4n) is 2.53. The molecule has 0 unspecified atom stereocenters. The Hall–Kier alpha value is -2.86. The third-order valence-electron chi connectivity index (χ3n) is 3.84. The Morgan fingerprint density at radius 2 is 1.78 bits per heavy atom. The Morgan fingerprint density at radius 1 is 1.04 bits per heavy atom. The standard InChI is InChI=1S/C20H22ClN3O3/c1-3-14-6-4-5-7-18(14)24-19(26)10-11-22-20(27)16-12-15(23-13(2)25)8-9-17(16)21/h4-9,12H,3,10-11H2,1-2H3,(H,22,27)(H,23,25)(H,24,26). The second-order valence-electron chi connectivity index (χ2n) is 5.94. The van der Waals surface area contributed by atoms with E-state index >= 15 is 0 Å². The van der Waals surface area contributed by atoms with Crippen LogP contribution in [-0.4, -0.2) is 24.3 Å². The molecular weight excluding hydrogens is 366 g/mol. The highest BCUT2D eigenvalue weighted by Crippen LogP contribution is 2.20. The molecule has 3 N–H and O–H groups in total. The van der Waals surface area contributed by atoms with Crippen molar-refractivity contribution >= 4 is 40.7 Å². The highest BCUT2D eigenvalue weighted by Gasteiger charge is 2.12. The minimum absolute atomic E-state index is 0.132. The Kier molecular flexibility index (Phi) is 7.37. The van der Waals surface area contributed by atoms with Crippen LogP contribution in [0.4, 0.5) is 11.4 Å². The molecule has 2 aromatic carbocycles. The van der Waals surface area contributed by atoms with E-state index in [1.807, 2.05) is 31.2 Å². The van der Waals surface area contributed by atoms with Gasteiger partial charge in [0.2, 0.25) is 11.8 Å². The minimum Gasteiger partial charge on any atom is -0.351 e. The molecule has 2 aromatic rings. The average molecular weight is 388 g/mol. The van der Waals surface area contributed by atoms with Crippen LogP contribution in [0.2, 0.25) is 5.02 Å². The summed E-state index contributed by atoms with van der Waals surface area (Å²) in [6.45, 7) is 3.56. The highest BCUT2D eigenvalue weighted by atomic mass is 35.5. The molecule has 0 spiro atoms. The van der Waals surface area contributed by atoms with E-state index in [0.29, 0.717) is 5.69 Å². The van der Waals surface area contributed by atoms with Crippen molar-refractivity contribution in [3.05, 3.63) is 58.6 Å². The van der Waals surface area contributed by atoms with Crippen molar-refractivity contribution in [1.29, 1.82) is 0 Å². The Balaban J connectivity index is 1.90. The molecule has 0 fully saturated rings. The number of nitrogens with one attached hydrogen (secondary N) is 3. The van der Waals surface area contributed by atoms with Gasteiger partial charge in [-0.2, -0.15) is 0 Å². The summed E-state index contributed by atoms with van der Waals surface area (Å²) in [7, 11) is 0. The highest BCUT2D eigenvalue weighted by molar-refractivity contribution is 6.34. The van der Waals surface area contributed by atoms with Crippen molar-refractivity contribution in [2.24, 2.45) is 0 Å². The molecular formula is C20H22ClN3O3. The fourth-order valence-corrected chi connectivity index (χ4v) is 2.73. The van der Waals surface area contributed by atoms with E-state index in [2.05, 4.69) is 16.0 Å². The molecule has 0 bridgehead atoms. The number of anilines is 2. The van der Waals surface area contributed by atoms with E-state index < -0.39 is 5.91 Å². The van der Waals surface area contributed by atoms with Crippen LogP contribution >= 0.6 is 11.6 Å². The third-order valence-corrected chi connectivity index (χ3v) is 4.17. The molecule has 0 saturated heterocycles. The molecule has 3 amide bonds. The number of amides is 3. The quantitative estimate of drug-likeness (QED) is 0.678. The van der Waals surface area contributed by atoms with Gasteiger partial charge in [0.25, 0.3) is 5.91 Å². The topological polar surface area (TPSA) is 87.3 Å². The molecule has 0 aromatic heterocycles. The number of halogens is 1. The molecule has 2 rings (SSSR count). The lowest BCUT2D eigenvalue weighted by Gasteiger charge is -2.11. The molecule has 0 saturated carbocycles. The number of carbonyl (C=O) groups is 3. The van der Waals surface area contributed by atoms with E-state index in [9.17, 15) is 14.4 Å². The number of hydrogen-bond acceptors (Lipinski definition) is 3. The number of aryl methyl sites for hydroxylation is 1. The SMILES string of the molecule is CCc1ccccc1NC(=O)CCNC(=O)c1cc(NC(C)=O)ccc1Cl. The van der Waals surface area contributed by atoms with Crippen molar-refractivity contribution in [2.45, 2.75) is 26.7 Å². The molecule has 27 heavy (non-hydrogen) atoms. The number of carbonyl (C=O) groups excluding carboxylic acids is 3. The zero-order valence-corrected chi connectivity index (χ0v) is 16.0. The first-order valence-electron chi connectivity index (χ1n) is 8.63. The van der Waals surface area contributed by atoms with Gasteiger partial charge < -0.3 is 16.0 Å². The van der Waals surface area contributed by atoms with E-state index in [1.54, 1.807) is 6.07 Å². The molecule has 6 nitrogen and oxygen atoms in total. The number of para-hydroxylation sites is 1. The summed E-state index contributed by atoms with van der Waals surface area (Å²) in [6.07, 6.45) is 0.948. The number of rotatable bonds is 7. The summed E-state index contributed by atoms with van der Waals surface area (Å²) in [5, 5.41) is 8.39. The van der Waals surface area contributed by atoms with Crippen LogP contribution in [0.3, 0.4) is 0 Å². The van der Waals surface area contributed by atoms with Crippen LogP contribution in [-0.2, 0) is 16.0 Å². The Morgan fingerprint density at radius 3 is 2.48 bits per heavy atom. The van der Waals surface area contributed by atoms with Gasteiger partial charge in [0.05, 0.1) is 10.6 Å². The van der Waals surface area contributed by atoms with E-state index in [0.717, 1.165) is 17.7 Å². The van der Waals surface area contributed by atoms with Gasteiger partial charge in [-0.25, -0.2) is 0 Å². The number of benzene rings is 2. The van der Waals surface area contributed by atoms with Crippen LogP contribution in [0.1, 0.15) is 36.2 Å². The summed E-state index contributed by atoms with van der Waals surface area (Å²) in [5.74, 6) is -0.837. The largest absolute Gasteiger partial charge is 0.351 e. The van der Waals surface area contributed by atoms with Crippen molar-refractivity contribution < 1.29 is 14.4 Å². The van der Waals surface area contributed by atoms with Gasteiger partial charge in [0.15, 0.2) is 0 Å². The maximum atomic E-state index is 12.3. The molecule has 0 atom stereocenters. The summed E-state index contributed by atoms with van der Waals surface area (Å²) < 4.78 is 0. The van der Waals surface area contributed by atoms with Gasteiger partial charge in [-0.1, -0.05) is 36.7 Å². The molecule has 0 radical (unpaired) electrons. The lowest BCUT2D eigenvalue weighted by molar-refractivity contribution is -0.116. The maximum absolute atomic E-state index is 12.3. The van der Waals surface area contributed by atoms with Crippen molar-refractivity contribution in [3.8, 4) is 0 Å². The molecule has 0 aliphatic rings. The van der Waals surface area contributed by atoms with E-state index in [-0.39, 0.29) is 35.4 Å². The first-order valence-corrected chi connectivity index (χ1v) is 9.01. The van der Waals surface area contributed by atoms with Crippen LogP contribution in [0, 0.1) is 0 Å². The van der Waals surface area contributed by atoms with Crippen molar-refractivity contribution in [3.63, 3.8) is 0 Å². The predicted molar refractivity (Wildman–Crippen MR) is 107 cm³/mol. The third kappa shape index (κ3) is 6.11. The normalized spacial score (nSPS) is 10.2. The van der Waals surface area contributed by atoms with Gasteiger partial charge in [-0.3, -0.25) is 14.4 Å². The first kappa shape index (κ1) is 20.5. The summed E-state index contributed by atoms with van der Waals surface area (Å²) in [5.41, 5.74) is 2.55. The van der Waals surface area contributed by atoms with Gasteiger partial charge in [-0.15, -0.1) is 0 Å². The van der Waals surface area contributed by atoms with Crippen LogP contribution in [0.15, 0.2) is 42.5 Å². The smallest absolute Gasteiger partial charge is 0.252 e. The Labute approximate surface area is 163 Å². The van der Waals surface area contributed by atoms with E-state index in [4.69, 9.17) is 11.6 Å². The number of hydrogen-bond donors (Lipinski definition) is 3. The maximum Gasteiger partial charge on any atom is 0.252 e. The predicted octanol–water partition coefficient (Wildman–Crippen LogP) is 3.62. The lowest BCUT2D eigenvalue weighted by Crippen LogP contribution is -2.28. The van der Waals surface area contributed by atoms with Crippen molar-refractivity contribution in [1.82, 2.24) is 5.32 Å². The average Bonchev–Trinajstić information content (AvgIpc) is 2.63. The lowest BCUT2D eigenvalue weighted by atomic mass is 10.1. The molecule has 0 aliphatic heterocycles. The van der Waals surface area contributed by atoms with Gasteiger partial charge >= 0.3 is 0 Å². The van der Waals surface area contributed by atoms with Crippen LogP contribution in [0.5, 0.6) is 0 Å². The van der Waals surface area contributed by atoms with Crippen LogP contribution < -0.4 is 16.0 Å². The summed E-state index contributed by atoms with van der Waals surface area (Å²) in [4.78, 5) is 35.5. The molecule has 0 heterocycles. The Bertz CT molecular complexity index is 852. The monoisotopic (exact) mass is 387 g/mol. The summed E-state index contributed by atoms with van der Waals surface area (Å²) in [6, 6.07) is 12.2. The second kappa shape index (κ2) is 9.73. The fraction of sp³-hybridized carbons (Fsp3) is 0.250. The van der Waals surface area contributed by atoms with Gasteiger partial charge in [0, 0.05) is 31.3 Å². The summed E-state index contributed by atoms with van der Waals surface area (Å²) >= 11 is 6.06.